The molecule has 0 atom stereocenters. The third-order valence-electron chi connectivity index (χ3n) is 4.64. The fraction of sp³-hybridized carbons (Fsp3) is 0.250. The molecule has 1 aliphatic rings. The van der Waals surface area contributed by atoms with E-state index in [2.05, 4.69) is 16.1 Å². The standard InChI is InChI=1S/C20H19FN4O/c1-14-22-19(23-25(14)17-11-9-16(21)10-12-17)20(26)24-13-5-4-7-15-6-2-3-8-18(15)24/h2-3,6,8-12H,4-5,7,13H2,1H3. The molecule has 2 aromatic carbocycles. The minimum atomic E-state index is -0.316. The Balaban J connectivity index is 1.69. The Morgan fingerprint density at radius 3 is 2.65 bits per heavy atom. The molecule has 0 aliphatic carbocycles. The van der Waals surface area contributed by atoms with E-state index in [4.69, 9.17) is 0 Å². The summed E-state index contributed by atoms with van der Waals surface area (Å²) in [5, 5.41) is 4.38. The van der Waals surface area contributed by atoms with E-state index in [1.54, 1.807) is 28.6 Å². The number of rotatable bonds is 2. The second kappa shape index (κ2) is 6.71. The van der Waals surface area contributed by atoms with Gasteiger partial charge in [-0.2, -0.15) is 0 Å². The molecule has 2 heterocycles. The highest BCUT2D eigenvalue weighted by Gasteiger charge is 2.25. The molecule has 1 aromatic heterocycles. The summed E-state index contributed by atoms with van der Waals surface area (Å²) in [6, 6.07) is 13.9. The lowest BCUT2D eigenvalue weighted by Gasteiger charge is -2.21. The third kappa shape index (κ3) is 2.98. The molecule has 0 saturated carbocycles. The summed E-state index contributed by atoms with van der Waals surface area (Å²) >= 11 is 0. The van der Waals surface area contributed by atoms with Crippen LogP contribution >= 0.6 is 0 Å². The SMILES string of the molecule is Cc1nc(C(=O)N2CCCCc3ccccc32)nn1-c1ccc(F)cc1. The van der Waals surface area contributed by atoms with Gasteiger partial charge in [-0.1, -0.05) is 18.2 Å². The molecule has 5 nitrogen and oxygen atoms in total. The first-order chi connectivity index (χ1) is 12.6. The van der Waals surface area contributed by atoms with Crippen molar-refractivity contribution in [2.75, 3.05) is 11.4 Å². The van der Waals surface area contributed by atoms with E-state index in [0.29, 0.717) is 18.1 Å². The lowest BCUT2D eigenvalue weighted by Crippen LogP contribution is -2.32. The number of aromatic nitrogens is 3. The molecule has 0 spiro atoms. The average molecular weight is 350 g/mol. The molecule has 0 saturated heterocycles. The van der Waals surface area contributed by atoms with Crippen LogP contribution in [-0.4, -0.2) is 27.2 Å². The normalized spacial score (nSPS) is 14.0. The second-order valence-electron chi connectivity index (χ2n) is 6.41. The van der Waals surface area contributed by atoms with Crippen LogP contribution in [0.1, 0.15) is 34.8 Å². The molecule has 0 unspecified atom stereocenters. The van der Waals surface area contributed by atoms with Crippen LogP contribution in [0.5, 0.6) is 0 Å². The van der Waals surface area contributed by atoms with Crippen LogP contribution in [0.2, 0.25) is 0 Å². The number of nitrogens with zero attached hydrogens (tertiary/aromatic N) is 4. The smallest absolute Gasteiger partial charge is 0.297 e. The van der Waals surface area contributed by atoms with Crippen LogP contribution in [0.25, 0.3) is 5.69 Å². The number of halogens is 1. The van der Waals surface area contributed by atoms with Gasteiger partial charge in [0, 0.05) is 12.2 Å². The quantitative estimate of drug-likeness (QED) is 0.708. The van der Waals surface area contributed by atoms with Gasteiger partial charge < -0.3 is 4.90 Å². The van der Waals surface area contributed by atoms with Gasteiger partial charge in [0.05, 0.1) is 5.69 Å². The molecule has 0 N–H and O–H groups in total. The highest BCUT2D eigenvalue weighted by Crippen LogP contribution is 2.27. The van der Waals surface area contributed by atoms with Gasteiger partial charge in [-0.3, -0.25) is 4.79 Å². The summed E-state index contributed by atoms with van der Waals surface area (Å²) in [6.07, 6.45) is 2.96. The van der Waals surface area contributed by atoms with E-state index in [-0.39, 0.29) is 17.5 Å². The zero-order chi connectivity index (χ0) is 18.1. The third-order valence-corrected chi connectivity index (χ3v) is 4.64. The summed E-state index contributed by atoms with van der Waals surface area (Å²) in [6.45, 7) is 2.43. The summed E-state index contributed by atoms with van der Waals surface area (Å²) in [4.78, 5) is 19.2. The Bertz CT molecular complexity index is 949. The van der Waals surface area contributed by atoms with E-state index in [9.17, 15) is 9.18 Å². The number of carbonyl (C=O) groups excluding carboxylic acids is 1. The van der Waals surface area contributed by atoms with Crippen molar-refractivity contribution in [2.45, 2.75) is 26.2 Å². The number of aryl methyl sites for hydroxylation is 2. The largest absolute Gasteiger partial charge is 0.305 e. The van der Waals surface area contributed by atoms with Crippen LogP contribution in [0.4, 0.5) is 10.1 Å². The second-order valence-corrected chi connectivity index (χ2v) is 6.41. The molecule has 0 fully saturated rings. The maximum absolute atomic E-state index is 13.2. The Labute approximate surface area is 151 Å². The lowest BCUT2D eigenvalue weighted by atomic mass is 10.1. The van der Waals surface area contributed by atoms with Crippen molar-refractivity contribution in [1.29, 1.82) is 0 Å². The Morgan fingerprint density at radius 2 is 1.85 bits per heavy atom. The maximum Gasteiger partial charge on any atom is 0.297 e. The van der Waals surface area contributed by atoms with Gasteiger partial charge in [-0.15, -0.1) is 5.10 Å². The van der Waals surface area contributed by atoms with E-state index < -0.39 is 0 Å². The van der Waals surface area contributed by atoms with E-state index in [1.807, 2.05) is 18.2 Å². The molecule has 132 valence electrons. The first kappa shape index (κ1) is 16.4. The molecule has 0 bridgehead atoms. The number of hydrogen-bond acceptors (Lipinski definition) is 3. The Kier molecular flexibility index (Phi) is 4.24. The molecular weight excluding hydrogens is 331 g/mol. The van der Waals surface area contributed by atoms with Crippen LogP contribution < -0.4 is 4.90 Å². The number of amides is 1. The van der Waals surface area contributed by atoms with E-state index in [1.165, 1.54) is 17.7 Å². The molecular formula is C20H19FN4O. The molecule has 1 amide bonds. The monoisotopic (exact) mass is 350 g/mol. The Hall–Kier alpha value is -3.02. The number of hydrogen-bond donors (Lipinski definition) is 0. The van der Waals surface area contributed by atoms with Crippen molar-refractivity contribution >= 4 is 11.6 Å². The van der Waals surface area contributed by atoms with Crippen molar-refractivity contribution < 1.29 is 9.18 Å². The van der Waals surface area contributed by atoms with E-state index >= 15 is 0 Å². The zero-order valence-electron chi connectivity index (χ0n) is 14.5. The van der Waals surface area contributed by atoms with Crippen molar-refractivity contribution in [3.63, 3.8) is 0 Å². The lowest BCUT2D eigenvalue weighted by molar-refractivity contribution is 0.0977. The highest BCUT2D eigenvalue weighted by molar-refractivity contribution is 6.04. The first-order valence-electron chi connectivity index (χ1n) is 8.73. The first-order valence-corrected chi connectivity index (χ1v) is 8.73. The number of para-hydroxylation sites is 1. The van der Waals surface area contributed by atoms with Crippen molar-refractivity contribution in [3.05, 3.63) is 71.6 Å². The fourth-order valence-corrected chi connectivity index (χ4v) is 3.33. The molecule has 26 heavy (non-hydrogen) atoms. The fourth-order valence-electron chi connectivity index (χ4n) is 3.33. The molecule has 3 aromatic rings. The summed E-state index contributed by atoms with van der Waals surface area (Å²) in [5.74, 6) is 0.221. The number of benzene rings is 2. The highest BCUT2D eigenvalue weighted by atomic mass is 19.1. The van der Waals surface area contributed by atoms with Gasteiger partial charge in [0.2, 0.25) is 5.82 Å². The predicted octanol–water partition coefficient (Wildman–Crippen LogP) is 3.70. The summed E-state index contributed by atoms with van der Waals surface area (Å²) in [7, 11) is 0. The molecule has 1 aliphatic heterocycles. The topological polar surface area (TPSA) is 51.0 Å². The number of anilines is 1. The van der Waals surface area contributed by atoms with Gasteiger partial charge >= 0.3 is 0 Å². The van der Waals surface area contributed by atoms with Crippen molar-refractivity contribution in [3.8, 4) is 5.69 Å². The Morgan fingerprint density at radius 1 is 1.08 bits per heavy atom. The molecule has 0 radical (unpaired) electrons. The van der Waals surface area contributed by atoms with Crippen molar-refractivity contribution in [2.24, 2.45) is 0 Å². The number of fused-ring (bicyclic) bond motifs is 1. The number of carbonyl (C=O) groups is 1. The summed E-state index contributed by atoms with van der Waals surface area (Å²) < 4.78 is 14.7. The van der Waals surface area contributed by atoms with Crippen molar-refractivity contribution in [1.82, 2.24) is 14.8 Å². The minimum Gasteiger partial charge on any atom is -0.305 e. The van der Waals surface area contributed by atoms with Crippen LogP contribution in [-0.2, 0) is 6.42 Å². The van der Waals surface area contributed by atoms with Crippen LogP contribution in [0.3, 0.4) is 0 Å². The van der Waals surface area contributed by atoms with Crippen LogP contribution in [0.15, 0.2) is 48.5 Å². The summed E-state index contributed by atoms with van der Waals surface area (Å²) in [5.41, 5.74) is 2.78. The predicted molar refractivity (Wildman–Crippen MR) is 97.1 cm³/mol. The van der Waals surface area contributed by atoms with Gasteiger partial charge in [-0.05, 0) is 62.1 Å². The van der Waals surface area contributed by atoms with E-state index in [0.717, 1.165) is 24.9 Å². The van der Waals surface area contributed by atoms with Gasteiger partial charge in [0.25, 0.3) is 5.91 Å². The van der Waals surface area contributed by atoms with Crippen LogP contribution in [0, 0.1) is 12.7 Å². The van der Waals surface area contributed by atoms with Gasteiger partial charge in [0.15, 0.2) is 0 Å². The maximum atomic E-state index is 13.2. The molecule has 6 heteroatoms. The minimum absolute atomic E-state index is 0.156. The van der Waals surface area contributed by atoms with Gasteiger partial charge in [0.1, 0.15) is 11.6 Å². The average Bonchev–Trinajstić information content (AvgIpc) is 2.91. The van der Waals surface area contributed by atoms with Gasteiger partial charge in [-0.25, -0.2) is 14.1 Å². The zero-order valence-corrected chi connectivity index (χ0v) is 14.5. The molecule has 4 rings (SSSR count).